The van der Waals surface area contributed by atoms with E-state index in [2.05, 4.69) is 13.8 Å². The quantitative estimate of drug-likeness (QED) is 0.631. The highest BCUT2D eigenvalue weighted by Gasteiger charge is 2.22. The number of aliphatic hydroxyl groups is 1. The van der Waals surface area contributed by atoms with Gasteiger partial charge in [0, 0.05) is 21.6 Å². The van der Waals surface area contributed by atoms with E-state index in [1.54, 1.807) is 11.8 Å². The molecule has 0 fully saturated rings. The first-order valence-corrected chi connectivity index (χ1v) is 7.25. The van der Waals surface area contributed by atoms with Crippen LogP contribution in [0, 0.1) is 11.8 Å². The summed E-state index contributed by atoms with van der Waals surface area (Å²) in [6, 6.07) is 7.68. The zero-order chi connectivity index (χ0) is 13.7. The SMILES string of the molecule is CC(C)Sc1ccc(C(=O)C(CO)C(C)C)cc1. The lowest BCUT2D eigenvalue weighted by Crippen LogP contribution is -2.24. The summed E-state index contributed by atoms with van der Waals surface area (Å²) in [5, 5.41) is 9.81. The van der Waals surface area contributed by atoms with Gasteiger partial charge >= 0.3 is 0 Å². The molecule has 1 atom stereocenters. The summed E-state index contributed by atoms with van der Waals surface area (Å²) in [5.41, 5.74) is 0.691. The molecule has 100 valence electrons. The monoisotopic (exact) mass is 266 g/mol. The van der Waals surface area contributed by atoms with E-state index in [0.29, 0.717) is 10.8 Å². The number of thioether (sulfide) groups is 1. The smallest absolute Gasteiger partial charge is 0.168 e. The number of hydrogen-bond donors (Lipinski definition) is 1. The molecule has 0 saturated heterocycles. The molecule has 0 bridgehead atoms. The number of ketones is 1. The van der Waals surface area contributed by atoms with Gasteiger partial charge in [-0.1, -0.05) is 39.8 Å². The maximum Gasteiger partial charge on any atom is 0.168 e. The average molecular weight is 266 g/mol. The summed E-state index contributed by atoms with van der Waals surface area (Å²) < 4.78 is 0. The molecule has 1 aromatic rings. The second-order valence-electron chi connectivity index (χ2n) is 5.09. The fraction of sp³-hybridized carbons (Fsp3) is 0.533. The van der Waals surface area contributed by atoms with Crippen LogP contribution in [0.1, 0.15) is 38.1 Å². The second kappa shape index (κ2) is 6.95. The molecule has 0 aromatic heterocycles. The van der Waals surface area contributed by atoms with Crippen molar-refractivity contribution in [1.82, 2.24) is 0 Å². The van der Waals surface area contributed by atoms with Crippen molar-refractivity contribution >= 4 is 17.5 Å². The van der Waals surface area contributed by atoms with E-state index in [1.165, 1.54) is 4.90 Å². The van der Waals surface area contributed by atoms with E-state index < -0.39 is 0 Å². The van der Waals surface area contributed by atoms with Crippen molar-refractivity contribution in [3.05, 3.63) is 29.8 Å². The number of hydrogen-bond acceptors (Lipinski definition) is 3. The predicted octanol–water partition coefficient (Wildman–Crippen LogP) is 3.63. The molecular weight excluding hydrogens is 244 g/mol. The third kappa shape index (κ3) is 4.14. The molecule has 0 saturated carbocycles. The molecule has 1 rings (SSSR count). The minimum atomic E-state index is -0.298. The third-order valence-electron chi connectivity index (χ3n) is 2.85. The number of rotatable bonds is 6. The Bertz CT molecular complexity index is 382. The highest BCUT2D eigenvalue weighted by atomic mass is 32.2. The van der Waals surface area contributed by atoms with E-state index in [9.17, 15) is 9.90 Å². The topological polar surface area (TPSA) is 37.3 Å². The summed E-state index contributed by atoms with van der Waals surface area (Å²) in [6.45, 7) is 8.12. The molecule has 0 aliphatic heterocycles. The summed E-state index contributed by atoms with van der Waals surface area (Å²) in [6.07, 6.45) is 0. The van der Waals surface area contributed by atoms with Crippen molar-refractivity contribution < 1.29 is 9.90 Å². The van der Waals surface area contributed by atoms with Crippen LogP contribution in [0.5, 0.6) is 0 Å². The summed E-state index contributed by atoms with van der Waals surface area (Å²) >= 11 is 1.78. The van der Waals surface area contributed by atoms with Gasteiger partial charge in [0.15, 0.2) is 5.78 Å². The Balaban J connectivity index is 2.81. The molecule has 3 heteroatoms. The van der Waals surface area contributed by atoms with Crippen LogP contribution < -0.4 is 0 Å². The van der Waals surface area contributed by atoms with Crippen LogP contribution in [0.25, 0.3) is 0 Å². The van der Waals surface area contributed by atoms with Crippen LogP contribution in [0.4, 0.5) is 0 Å². The standard InChI is InChI=1S/C15H22O2S/c1-10(2)14(9-16)15(17)12-5-7-13(8-6-12)18-11(3)4/h5-8,10-11,14,16H,9H2,1-4H3. The van der Waals surface area contributed by atoms with Crippen molar-refractivity contribution in [3.63, 3.8) is 0 Å². The fourth-order valence-corrected chi connectivity index (χ4v) is 2.62. The first-order valence-electron chi connectivity index (χ1n) is 6.37. The lowest BCUT2D eigenvalue weighted by atomic mass is 9.89. The Morgan fingerprint density at radius 1 is 1.17 bits per heavy atom. The van der Waals surface area contributed by atoms with Crippen molar-refractivity contribution in [1.29, 1.82) is 0 Å². The lowest BCUT2D eigenvalue weighted by Gasteiger charge is -2.17. The van der Waals surface area contributed by atoms with Crippen molar-refractivity contribution in [2.45, 2.75) is 37.8 Å². The van der Waals surface area contributed by atoms with E-state index >= 15 is 0 Å². The minimum Gasteiger partial charge on any atom is -0.396 e. The maximum absolute atomic E-state index is 12.2. The lowest BCUT2D eigenvalue weighted by molar-refractivity contribution is 0.0806. The number of Topliss-reactive ketones (excluding diaryl/α,β-unsaturated/α-hetero) is 1. The molecule has 18 heavy (non-hydrogen) atoms. The fourth-order valence-electron chi connectivity index (χ4n) is 1.78. The molecule has 0 spiro atoms. The number of aliphatic hydroxyl groups excluding tert-OH is 1. The first kappa shape index (κ1) is 15.3. The molecular formula is C15H22O2S. The Kier molecular flexibility index (Phi) is 5.89. The Morgan fingerprint density at radius 3 is 2.11 bits per heavy atom. The molecule has 0 aliphatic rings. The second-order valence-corrected chi connectivity index (χ2v) is 6.74. The Morgan fingerprint density at radius 2 is 1.72 bits per heavy atom. The van der Waals surface area contributed by atoms with Gasteiger partial charge < -0.3 is 5.11 Å². The van der Waals surface area contributed by atoms with E-state index in [4.69, 9.17) is 0 Å². The van der Waals surface area contributed by atoms with E-state index in [1.807, 2.05) is 38.1 Å². The highest BCUT2D eigenvalue weighted by molar-refractivity contribution is 7.99. The number of carbonyl (C=O) groups excluding carboxylic acids is 1. The van der Waals surface area contributed by atoms with Gasteiger partial charge in [-0.05, 0) is 18.1 Å². The zero-order valence-corrected chi connectivity index (χ0v) is 12.3. The molecule has 0 radical (unpaired) electrons. The molecule has 0 aliphatic carbocycles. The van der Waals surface area contributed by atoms with Gasteiger partial charge in [-0.2, -0.15) is 0 Å². The van der Waals surface area contributed by atoms with Crippen LogP contribution in [0.2, 0.25) is 0 Å². The number of carbonyl (C=O) groups is 1. The van der Waals surface area contributed by atoms with Crippen LogP contribution in [-0.4, -0.2) is 22.7 Å². The van der Waals surface area contributed by atoms with Crippen molar-refractivity contribution in [3.8, 4) is 0 Å². The zero-order valence-electron chi connectivity index (χ0n) is 11.5. The van der Waals surface area contributed by atoms with Gasteiger partial charge in [-0.25, -0.2) is 0 Å². The van der Waals surface area contributed by atoms with Crippen LogP contribution >= 0.6 is 11.8 Å². The Labute approximate surface area is 114 Å². The van der Waals surface area contributed by atoms with Gasteiger partial charge in [0.25, 0.3) is 0 Å². The summed E-state index contributed by atoms with van der Waals surface area (Å²) in [5.74, 6) is -0.102. The molecule has 1 aromatic carbocycles. The first-order chi connectivity index (χ1) is 8.45. The van der Waals surface area contributed by atoms with Gasteiger partial charge in [-0.15, -0.1) is 11.8 Å². The van der Waals surface area contributed by atoms with Gasteiger partial charge in [0.1, 0.15) is 0 Å². The third-order valence-corrected chi connectivity index (χ3v) is 3.86. The van der Waals surface area contributed by atoms with Crippen LogP contribution in [0.15, 0.2) is 29.2 Å². The number of benzene rings is 1. The van der Waals surface area contributed by atoms with Gasteiger partial charge in [-0.3, -0.25) is 4.79 Å². The van der Waals surface area contributed by atoms with Gasteiger partial charge in [0.05, 0.1) is 6.61 Å². The molecule has 1 N–H and O–H groups in total. The predicted molar refractivity (Wildman–Crippen MR) is 77.2 cm³/mol. The van der Waals surface area contributed by atoms with Crippen LogP contribution in [-0.2, 0) is 0 Å². The normalized spacial score (nSPS) is 13.1. The minimum absolute atomic E-state index is 0.0357. The molecule has 0 amide bonds. The molecule has 0 heterocycles. The largest absolute Gasteiger partial charge is 0.396 e. The molecule has 1 unspecified atom stereocenters. The molecule has 2 nitrogen and oxygen atoms in total. The van der Waals surface area contributed by atoms with E-state index in [0.717, 1.165) is 0 Å². The van der Waals surface area contributed by atoms with Gasteiger partial charge in [0.2, 0.25) is 0 Å². The van der Waals surface area contributed by atoms with Crippen molar-refractivity contribution in [2.75, 3.05) is 6.61 Å². The Hall–Kier alpha value is -0.800. The van der Waals surface area contributed by atoms with E-state index in [-0.39, 0.29) is 24.2 Å². The maximum atomic E-state index is 12.2. The van der Waals surface area contributed by atoms with Crippen molar-refractivity contribution in [2.24, 2.45) is 11.8 Å². The summed E-state index contributed by atoms with van der Waals surface area (Å²) in [7, 11) is 0. The summed E-state index contributed by atoms with van der Waals surface area (Å²) in [4.78, 5) is 13.4. The average Bonchev–Trinajstić information content (AvgIpc) is 2.29. The highest BCUT2D eigenvalue weighted by Crippen LogP contribution is 2.24. The van der Waals surface area contributed by atoms with Crippen LogP contribution in [0.3, 0.4) is 0 Å².